The van der Waals surface area contributed by atoms with Gasteiger partial charge in [-0.2, -0.15) is 4.31 Å². The molecule has 92 valence electrons. The van der Waals surface area contributed by atoms with E-state index in [2.05, 4.69) is 0 Å². The number of nitrogens with zero attached hydrogens (tertiary/aromatic N) is 1. The van der Waals surface area contributed by atoms with E-state index in [1.165, 1.54) is 11.4 Å². The van der Waals surface area contributed by atoms with Gasteiger partial charge in [0.2, 0.25) is 0 Å². The van der Waals surface area contributed by atoms with E-state index in [0.29, 0.717) is 4.34 Å². The van der Waals surface area contributed by atoms with Gasteiger partial charge in [-0.1, -0.05) is 11.6 Å². The maximum Gasteiger partial charge on any atom is 0.252 e. The van der Waals surface area contributed by atoms with Gasteiger partial charge in [-0.05, 0) is 25.5 Å². The first-order chi connectivity index (χ1) is 7.30. The SMILES string of the molecule is Cc1cc(S(=O)(=O)N(C)C(C)CCl)sc1Cl. The summed E-state index contributed by atoms with van der Waals surface area (Å²) in [6.45, 7) is 3.54. The number of rotatable bonds is 4. The van der Waals surface area contributed by atoms with Gasteiger partial charge in [0.1, 0.15) is 4.21 Å². The molecule has 16 heavy (non-hydrogen) atoms. The van der Waals surface area contributed by atoms with Crippen LogP contribution in [0.5, 0.6) is 0 Å². The van der Waals surface area contributed by atoms with Crippen LogP contribution in [0.3, 0.4) is 0 Å². The molecule has 1 heterocycles. The molecule has 1 aromatic rings. The molecule has 1 aromatic heterocycles. The second kappa shape index (κ2) is 5.23. The Labute approximate surface area is 110 Å². The Kier molecular flexibility index (Phi) is 4.66. The fourth-order valence-corrected chi connectivity index (χ4v) is 4.58. The second-order valence-corrected chi connectivity index (χ2v) is 7.73. The monoisotopic (exact) mass is 301 g/mol. The molecule has 1 atom stereocenters. The first-order valence-electron chi connectivity index (χ1n) is 4.60. The van der Waals surface area contributed by atoms with Crippen LogP contribution in [0.15, 0.2) is 10.3 Å². The van der Waals surface area contributed by atoms with Crippen molar-refractivity contribution in [3.8, 4) is 0 Å². The lowest BCUT2D eigenvalue weighted by atomic mass is 10.4. The summed E-state index contributed by atoms with van der Waals surface area (Å²) in [6.07, 6.45) is 0. The number of alkyl halides is 1. The Balaban J connectivity index is 3.11. The second-order valence-electron chi connectivity index (χ2n) is 3.55. The molecule has 0 saturated heterocycles. The minimum Gasteiger partial charge on any atom is -0.206 e. The van der Waals surface area contributed by atoms with Crippen LogP contribution < -0.4 is 0 Å². The van der Waals surface area contributed by atoms with E-state index in [1.54, 1.807) is 19.9 Å². The van der Waals surface area contributed by atoms with Crippen LogP contribution in [-0.4, -0.2) is 31.7 Å². The zero-order chi connectivity index (χ0) is 12.5. The third-order valence-electron chi connectivity index (χ3n) is 2.31. The molecule has 0 radical (unpaired) electrons. The van der Waals surface area contributed by atoms with Gasteiger partial charge in [0, 0.05) is 19.0 Å². The largest absolute Gasteiger partial charge is 0.252 e. The van der Waals surface area contributed by atoms with E-state index >= 15 is 0 Å². The standard InChI is InChI=1S/C9H13Cl2NO2S2/c1-6-4-8(15-9(6)11)16(13,14)12(3)7(2)5-10/h4,7H,5H2,1-3H3. The molecule has 0 aliphatic heterocycles. The highest BCUT2D eigenvalue weighted by molar-refractivity contribution is 7.91. The van der Waals surface area contributed by atoms with E-state index < -0.39 is 10.0 Å². The van der Waals surface area contributed by atoms with Crippen LogP contribution in [0, 0.1) is 6.92 Å². The van der Waals surface area contributed by atoms with E-state index in [1.807, 2.05) is 0 Å². The lowest BCUT2D eigenvalue weighted by Crippen LogP contribution is -2.35. The van der Waals surface area contributed by atoms with E-state index in [0.717, 1.165) is 16.9 Å². The van der Waals surface area contributed by atoms with Gasteiger partial charge < -0.3 is 0 Å². The summed E-state index contributed by atoms with van der Waals surface area (Å²) in [5, 5.41) is 0. The fourth-order valence-electron chi connectivity index (χ4n) is 1.03. The Morgan fingerprint density at radius 1 is 1.56 bits per heavy atom. The van der Waals surface area contributed by atoms with Crippen molar-refractivity contribution < 1.29 is 8.42 Å². The molecular weight excluding hydrogens is 289 g/mol. The Morgan fingerprint density at radius 2 is 2.12 bits per heavy atom. The summed E-state index contributed by atoms with van der Waals surface area (Å²) in [6, 6.07) is 1.34. The van der Waals surface area contributed by atoms with Crippen molar-refractivity contribution in [2.45, 2.75) is 24.1 Å². The van der Waals surface area contributed by atoms with Crippen molar-refractivity contribution >= 4 is 44.6 Å². The topological polar surface area (TPSA) is 37.4 Å². The van der Waals surface area contributed by atoms with E-state index in [4.69, 9.17) is 23.2 Å². The summed E-state index contributed by atoms with van der Waals surface area (Å²) in [7, 11) is -1.95. The highest BCUT2D eigenvalue weighted by Gasteiger charge is 2.27. The fraction of sp³-hybridized carbons (Fsp3) is 0.556. The van der Waals surface area contributed by atoms with Crippen LogP contribution in [-0.2, 0) is 10.0 Å². The van der Waals surface area contributed by atoms with Gasteiger partial charge in [-0.25, -0.2) is 8.42 Å². The van der Waals surface area contributed by atoms with Gasteiger partial charge in [0.15, 0.2) is 0 Å². The van der Waals surface area contributed by atoms with Crippen molar-refractivity contribution in [2.24, 2.45) is 0 Å². The van der Waals surface area contributed by atoms with Crippen LogP contribution in [0.4, 0.5) is 0 Å². The number of halogens is 2. The highest BCUT2D eigenvalue weighted by Crippen LogP contribution is 2.32. The van der Waals surface area contributed by atoms with Crippen molar-refractivity contribution in [2.75, 3.05) is 12.9 Å². The molecule has 3 nitrogen and oxygen atoms in total. The number of hydrogen-bond donors (Lipinski definition) is 0. The quantitative estimate of drug-likeness (QED) is 0.802. The minimum absolute atomic E-state index is 0.243. The Morgan fingerprint density at radius 3 is 2.50 bits per heavy atom. The van der Waals surface area contributed by atoms with E-state index in [-0.39, 0.29) is 16.1 Å². The molecule has 7 heteroatoms. The molecule has 0 amide bonds. The third kappa shape index (κ3) is 2.71. The maximum atomic E-state index is 12.1. The average Bonchev–Trinajstić information content (AvgIpc) is 2.57. The molecule has 0 aliphatic carbocycles. The molecule has 0 spiro atoms. The first kappa shape index (κ1) is 14.3. The van der Waals surface area contributed by atoms with Crippen LogP contribution in [0.2, 0.25) is 4.34 Å². The summed E-state index contributed by atoms with van der Waals surface area (Å²) in [4.78, 5) is 0. The Bertz CT molecular complexity index is 450. The predicted molar refractivity (Wildman–Crippen MR) is 69.2 cm³/mol. The number of aryl methyl sites for hydroxylation is 1. The third-order valence-corrected chi connectivity index (χ3v) is 6.73. The average molecular weight is 302 g/mol. The van der Waals surface area contributed by atoms with E-state index in [9.17, 15) is 8.42 Å². The van der Waals surface area contributed by atoms with Crippen molar-refractivity contribution in [3.63, 3.8) is 0 Å². The number of thiophene rings is 1. The van der Waals surface area contributed by atoms with Crippen molar-refractivity contribution in [3.05, 3.63) is 16.0 Å². The predicted octanol–water partition coefficient (Wildman–Crippen LogP) is 2.96. The molecule has 1 unspecified atom stereocenters. The molecule has 0 N–H and O–H groups in total. The smallest absolute Gasteiger partial charge is 0.206 e. The highest BCUT2D eigenvalue weighted by atomic mass is 35.5. The van der Waals surface area contributed by atoms with Gasteiger partial charge in [0.05, 0.1) is 4.34 Å². The summed E-state index contributed by atoms with van der Waals surface area (Å²) >= 11 is 12.6. The summed E-state index contributed by atoms with van der Waals surface area (Å²) in [5.41, 5.74) is 0.775. The number of hydrogen-bond acceptors (Lipinski definition) is 3. The van der Waals surface area contributed by atoms with Crippen molar-refractivity contribution in [1.82, 2.24) is 4.31 Å². The van der Waals surface area contributed by atoms with Gasteiger partial charge in [0.25, 0.3) is 10.0 Å². The first-order valence-corrected chi connectivity index (χ1v) is 7.77. The molecule has 1 rings (SSSR count). The van der Waals surface area contributed by atoms with Crippen LogP contribution in [0.25, 0.3) is 0 Å². The van der Waals surface area contributed by atoms with Crippen LogP contribution >= 0.6 is 34.5 Å². The van der Waals surface area contributed by atoms with Crippen molar-refractivity contribution in [1.29, 1.82) is 0 Å². The molecule has 0 bridgehead atoms. The maximum absolute atomic E-state index is 12.1. The molecule has 0 fully saturated rings. The van der Waals surface area contributed by atoms with Gasteiger partial charge in [-0.3, -0.25) is 0 Å². The molecule has 0 aromatic carbocycles. The van der Waals surface area contributed by atoms with Gasteiger partial charge >= 0.3 is 0 Å². The lowest BCUT2D eigenvalue weighted by Gasteiger charge is -2.21. The Hall–Kier alpha value is 0.190. The number of sulfonamides is 1. The molecule has 0 aliphatic rings. The minimum atomic E-state index is -3.47. The van der Waals surface area contributed by atoms with Crippen LogP contribution in [0.1, 0.15) is 12.5 Å². The molecular formula is C9H13Cl2NO2S2. The summed E-state index contributed by atoms with van der Waals surface area (Å²) < 4.78 is 26.3. The lowest BCUT2D eigenvalue weighted by molar-refractivity contribution is 0.415. The zero-order valence-electron chi connectivity index (χ0n) is 9.20. The normalized spacial score (nSPS) is 14.4. The summed E-state index contributed by atoms with van der Waals surface area (Å²) in [5.74, 6) is 0.258. The van der Waals surface area contributed by atoms with Gasteiger partial charge in [-0.15, -0.1) is 22.9 Å². The molecule has 0 saturated carbocycles. The zero-order valence-corrected chi connectivity index (χ0v) is 12.3.